The summed E-state index contributed by atoms with van der Waals surface area (Å²) in [6.45, 7) is 1.47. The molecule has 140 valence electrons. The minimum absolute atomic E-state index is 0.282. The summed E-state index contributed by atoms with van der Waals surface area (Å²) in [6.07, 6.45) is 5.32. The Bertz CT molecular complexity index is 743. The average molecular weight is 361 g/mol. The van der Waals surface area contributed by atoms with Crippen LogP contribution in [-0.2, 0) is 4.74 Å². The Morgan fingerprint density at radius 1 is 1.15 bits per heavy atom. The lowest BCUT2D eigenvalue weighted by Crippen LogP contribution is -2.19. The predicted molar refractivity (Wildman–Crippen MR) is 95.4 cm³/mol. The van der Waals surface area contributed by atoms with Gasteiger partial charge < -0.3 is 24.3 Å². The summed E-state index contributed by atoms with van der Waals surface area (Å²) in [4.78, 5) is 12.6. The zero-order valence-electron chi connectivity index (χ0n) is 15.2. The lowest BCUT2D eigenvalue weighted by Gasteiger charge is -2.22. The Balaban J connectivity index is 1.76. The van der Waals surface area contributed by atoms with Gasteiger partial charge in [0.15, 0.2) is 11.5 Å². The maximum Gasteiger partial charge on any atom is 0.256 e. The van der Waals surface area contributed by atoms with Crippen molar-refractivity contribution in [3.8, 4) is 17.2 Å². The number of rotatable bonds is 6. The maximum absolute atomic E-state index is 12.6. The van der Waals surface area contributed by atoms with Crippen LogP contribution in [0.1, 0.15) is 29.2 Å². The second kappa shape index (κ2) is 8.09. The Morgan fingerprint density at radius 2 is 1.81 bits per heavy atom. The number of carbonyl (C=O) groups is 1. The van der Waals surface area contributed by atoms with Crippen LogP contribution < -0.4 is 19.5 Å². The van der Waals surface area contributed by atoms with Crippen LogP contribution >= 0.6 is 0 Å². The zero-order chi connectivity index (χ0) is 18.5. The Labute approximate surface area is 152 Å². The van der Waals surface area contributed by atoms with E-state index in [9.17, 15) is 4.79 Å². The van der Waals surface area contributed by atoms with Crippen molar-refractivity contribution >= 4 is 11.6 Å². The predicted octanol–water partition coefficient (Wildman–Crippen LogP) is 2.51. The van der Waals surface area contributed by atoms with Crippen LogP contribution in [0, 0.1) is 0 Å². The largest absolute Gasteiger partial charge is 0.493 e. The fraction of sp³-hybridized carbons (Fsp3) is 0.444. The number of nitrogens with zero attached hydrogens (tertiary/aromatic N) is 2. The molecule has 0 spiro atoms. The number of hydrogen-bond donors (Lipinski definition) is 1. The zero-order valence-corrected chi connectivity index (χ0v) is 15.2. The summed E-state index contributed by atoms with van der Waals surface area (Å²) in [6, 6.07) is 3.52. The molecule has 2 heterocycles. The van der Waals surface area contributed by atoms with E-state index in [2.05, 4.69) is 10.4 Å². The van der Waals surface area contributed by atoms with E-state index in [1.54, 1.807) is 18.3 Å². The molecule has 0 atom stereocenters. The van der Waals surface area contributed by atoms with E-state index in [1.807, 2.05) is 10.9 Å². The van der Waals surface area contributed by atoms with Crippen LogP contribution in [0.5, 0.6) is 17.2 Å². The Hall–Kier alpha value is -2.74. The van der Waals surface area contributed by atoms with Gasteiger partial charge in [-0.05, 0) is 25.0 Å². The number of ether oxygens (including phenoxy) is 4. The fourth-order valence-corrected chi connectivity index (χ4v) is 2.97. The molecule has 1 aromatic carbocycles. The lowest BCUT2D eigenvalue weighted by molar-refractivity contribution is 0.0662. The van der Waals surface area contributed by atoms with Gasteiger partial charge in [-0.1, -0.05) is 0 Å². The highest BCUT2D eigenvalue weighted by Gasteiger charge is 2.19. The molecular formula is C18H23N3O5. The SMILES string of the molecule is COc1cc(C(=O)Nc2cnn(C3CCOCC3)c2)cc(OC)c1OC. The first-order valence-electron chi connectivity index (χ1n) is 8.39. The Kier molecular flexibility index (Phi) is 5.62. The van der Waals surface area contributed by atoms with Crippen molar-refractivity contribution < 1.29 is 23.7 Å². The maximum atomic E-state index is 12.6. The van der Waals surface area contributed by atoms with Crippen LogP contribution in [-0.4, -0.2) is 50.2 Å². The third kappa shape index (κ3) is 3.75. The molecule has 2 aromatic rings. The van der Waals surface area contributed by atoms with Gasteiger partial charge in [0.05, 0.1) is 39.3 Å². The summed E-state index contributed by atoms with van der Waals surface area (Å²) in [7, 11) is 4.54. The number of aromatic nitrogens is 2. The number of hydrogen-bond acceptors (Lipinski definition) is 6. The molecular weight excluding hydrogens is 338 g/mol. The first kappa shape index (κ1) is 18.1. The van der Waals surface area contributed by atoms with Crippen molar-refractivity contribution in [3.63, 3.8) is 0 Å². The second-order valence-electron chi connectivity index (χ2n) is 5.92. The quantitative estimate of drug-likeness (QED) is 0.851. The number of methoxy groups -OCH3 is 3. The van der Waals surface area contributed by atoms with Crippen LogP contribution in [0.2, 0.25) is 0 Å². The Morgan fingerprint density at radius 3 is 2.38 bits per heavy atom. The molecule has 0 unspecified atom stereocenters. The number of anilines is 1. The molecule has 26 heavy (non-hydrogen) atoms. The van der Waals surface area contributed by atoms with E-state index in [0.29, 0.717) is 34.5 Å². The topological polar surface area (TPSA) is 83.8 Å². The van der Waals surface area contributed by atoms with Crippen LogP contribution in [0.25, 0.3) is 0 Å². The number of benzene rings is 1. The van der Waals surface area contributed by atoms with Crippen molar-refractivity contribution in [2.24, 2.45) is 0 Å². The standard InChI is InChI=1S/C18H23N3O5/c1-23-15-8-12(9-16(24-2)17(15)25-3)18(22)20-13-10-19-21(11-13)14-4-6-26-7-5-14/h8-11,14H,4-7H2,1-3H3,(H,20,22). The van der Waals surface area contributed by atoms with Crippen molar-refractivity contribution in [3.05, 3.63) is 30.1 Å². The van der Waals surface area contributed by atoms with Gasteiger partial charge in [-0.3, -0.25) is 9.48 Å². The molecule has 1 aromatic heterocycles. The summed E-state index contributed by atoms with van der Waals surface area (Å²) < 4.78 is 23.1. The molecule has 1 aliphatic heterocycles. The monoisotopic (exact) mass is 361 g/mol. The molecule has 1 aliphatic rings. The first-order chi connectivity index (χ1) is 12.7. The smallest absolute Gasteiger partial charge is 0.256 e. The summed E-state index contributed by atoms with van der Waals surface area (Å²) in [5, 5.41) is 7.21. The normalized spacial score (nSPS) is 14.7. The van der Waals surface area contributed by atoms with Crippen molar-refractivity contribution in [2.45, 2.75) is 18.9 Å². The average Bonchev–Trinajstić information content (AvgIpc) is 3.15. The van der Waals surface area contributed by atoms with Gasteiger partial charge in [0.25, 0.3) is 5.91 Å². The fourth-order valence-electron chi connectivity index (χ4n) is 2.97. The van der Waals surface area contributed by atoms with Gasteiger partial charge in [0.2, 0.25) is 5.75 Å². The number of nitrogens with one attached hydrogen (secondary N) is 1. The first-order valence-corrected chi connectivity index (χ1v) is 8.39. The molecule has 0 bridgehead atoms. The molecule has 3 rings (SSSR count). The molecule has 0 saturated carbocycles. The van der Waals surface area contributed by atoms with Crippen molar-refractivity contribution in [2.75, 3.05) is 39.9 Å². The van der Waals surface area contributed by atoms with Gasteiger partial charge in [-0.25, -0.2) is 0 Å². The highest BCUT2D eigenvalue weighted by molar-refractivity contribution is 6.05. The molecule has 1 saturated heterocycles. The molecule has 8 heteroatoms. The lowest BCUT2D eigenvalue weighted by atomic mass is 10.1. The molecule has 0 aliphatic carbocycles. The van der Waals surface area contributed by atoms with E-state index >= 15 is 0 Å². The van der Waals surface area contributed by atoms with Gasteiger partial charge in [-0.2, -0.15) is 5.10 Å². The van der Waals surface area contributed by atoms with Gasteiger partial charge in [-0.15, -0.1) is 0 Å². The molecule has 1 N–H and O–H groups in total. The van der Waals surface area contributed by atoms with Crippen LogP contribution in [0.3, 0.4) is 0 Å². The third-order valence-corrected chi connectivity index (χ3v) is 4.35. The van der Waals surface area contributed by atoms with Gasteiger partial charge in [0, 0.05) is 25.0 Å². The minimum Gasteiger partial charge on any atom is -0.493 e. The molecule has 1 fully saturated rings. The minimum atomic E-state index is -0.282. The summed E-state index contributed by atoms with van der Waals surface area (Å²) in [5.41, 5.74) is 1.04. The van der Waals surface area contributed by atoms with Gasteiger partial charge >= 0.3 is 0 Å². The van der Waals surface area contributed by atoms with E-state index in [4.69, 9.17) is 18.9 Å². The van der Waals surface area contributed by atoms with E-state index in [0.717, 1.165) is 26.1 Å². The second-order valence-corrected chi connectivity index (χ2v) is 5.92. The molecule has 0 radical (unpaired) electrons. The van der Waals surface area contributed by atoms with E-state index in [1.165, 1.54) is 21.3 Å². The van der Waals surface area contributed by atoms with E-state index < -0.39 is 0 Å². The number of amides is 1. The highest BCUT2D eigenvalue weighted by Crippen LogP contribution is 2.38. The summed E-state index contributed by atoms with van der Waals surface area (Å²) >= 11 is 0. The van der Waals surface area contributed by atoms with Crippen molar-refractivity contribution in [1.82, 2.24) is 9.78 Å². The molecule has 1 amide bonds. The van der Waals surface area contributed by atoms with Crippen LogP contribution in [0.15, 0.2) is 24.5 Å². The highest BCUT2D eigenvalue weighted by atomic mass is 16.5. The van der Waals surface area contributed by atoms with E-state index in [-0.39, 0.29) is 5.91 Å². The van der Waals surface area contributed by atoms with Gasteiger partial charge in [0.1, 0.15) is 0 Å². The van der Waals surface area contributed by atoms with Crippen molar-refractivity contribution in [1.29, 1.82) is 0 Å². The number of carbonyl (C=O) groups excluding carboxylic acids is 1. The van der Waals surface area contributed by atoms with Crippen LogP contribution in [0.4, 0.5) is 5.69 Å². The molecule has 8 nitrogen and oxygen atoms in total. The third-order valence-electron chi connectivity index (χ3n) is 4.35. The summed E-state index contributed by atoms with van der Waals surface area (Å²) in [5.74, 6) is 1.01.